The molecule has 0 aliphatic carbocycles. The maximum absolute atomic E-state index is 12.4. The van der Waals surface area contributed by atoms with Crippen LogP contribution in [0, 0.1) is 13.8 Å². The zero-order chi connectivity index (χ0) is 24.1. The molecule has 1 aliphatic heterocycles. The molecule has 2 amide bonds. The Labute approximate surface area is 197 Å². The van der Waals surface area contributed by atoms with Gasteiger partial charge in [0.2, 0.25) is 0 Å². The minimum atomic E-state index is -0.605. The summed E-state index contributed by atoms with van der Waals surface area (Å²) in [6.07, 6.45) is 4.41. The number of ether oxygens (including phenoxy) is 1. The smallest absolute Gasteiger partial charge is 0.331 e. The Bertz CT molecular complexity index is 1190. The predicted molar refractivity (Wildman–Crippen MR) is 124 cm³/mol. The number of hydrogen-bond donors (Lipinski definition) is 0. The summed E-state index contributed by atoms with van der Waals surface area (Å²) >= 11 is 0. The number of hydrogen-bond acceptors (Lipinski definition) is 6. The lowest BCUT2D eigenvalue weighted by Crippen LogP contribution is -2.51. The normalized spacial score (nSPS) is 13.9. The van der Waals surface area contributed by atoms with Crippen LogP contribution < -0.4 is 0 Å². The van der Waals surface area contributed by atoms with E-state index < -0.39 is 5.97 Å². The van der Waals surface area contributed by atoms with Crippen LogP contribution in [0.5, 0.6) is 0 Å². The van der Waals surface area contributed by atoms with E-state index in [9.17, 15) is 14.4 Å². The third-order valence-electron chi connectivity index (χ3n) is 5.72. The van der Waals surface area contributed by atoms with Crippen LogP contribution in [0.1, 0.15) is 27.5 Å². The van der Waals surface area contributed by atoms with Crippen molar-refractivity contribution in [2.75, 3.05) is 32.8 Å². The standard InChI is InChI=1S/C25H26N4O5/c1-18-21(19(2)29(26-18)20-7-4-3-5-8-20)10-11-24(31)34-17-23(30)27-12-14-28(15-13-27)25(32)22-9-6-16-33-22/h3-11,16H,12-15,17H2,1-2H3/b11-10+. The van der Waals surface area contributed by atoms with Gasteiger partial charge in [0, 0.05) is 43.5 Å². The van der Waals surface area contributed by atoms with Crippen molar-refractivity contribution in [2.45, 2.75) is 13.8 Å². The lowest BCUT2D eigenvalue weighted by atomic mass is 10.2. The molecule has 1 fully saturated rings. The molecule has 0 N–H and O–H groups in total. The number of benzene rings is 1. The number of piperazine rings is 1. The van der Waals surface area contributed by atoms with Gasteiger partial charge >= 0.3 is 5.97 Å². The largest absolute Gasteiger partial charge is 0.459 e. The molecule has 1 aromatic carbocycles. The van der Waals surface area contributed by atoms with E-state index in [0.717, 1.165) is 22.6 Å². The summed E-state index contributed by atoms with van der Waals surface area (Å²) < 4.78 is 12.1. The van der Waals surface area contributed by atoms with E-state index in [-0.39, 0.29) is 24.2 Å². The Morgan fingerprint density at radius 1 is 1.00 bits per heavy atom. The molecule has 1 saturated heterocycles. The van der Waals surface area contributed by atoms with E-state index in [1.54, 1.807) is 28.0 Å². The highest BCUT2D eigenvalue weighted by atomic mass is 16.5. The van der Waals surface area contributed by atoms with Gasteiger partial charge in [-0.2, -0.15) is 5.10 Å². The van der Waals surface area contributed by atoms with Crippen molar-refractivity contribution in [1.82, 2.24) is 19.6 Å². The zero-order valence-electron chi connectivity index (χ0n) is 19.1. The van der Waals surface area contributed by atoms with Crippen LogP contribution in [0.4, 0.5) is 0 Å². The average molecular weight is 463 g/mol. The number of carbonyl (C=O) groups is 3. The highest BCUT2D eigenvalue weighted by Crippen LogP contribution is 2.19. The Morgan fingerprint density at radius 3 is 2.38 bits per heavy atom. The summed E-state index contributed by atoms with van der Waals surface area (Å²) in [5.41, 5.74) is 3.43. The number of carbonyl (C=O) groups excluding carboxylic acids is 3. The fourth-order valence-electron chi connectivity index (χ4n) is 3.86. The predicted octanol–water partition coefficient (Wildman–Crippen LogP) is 2.62. The van der Waals surface area contributed by atoms with Crippen molar-refractivity contribution in [1.29, 1.82) is 0 Å². The summed E-state index contributed by atoms with van der Waals surface area (Å²) in [7, 11) is 0. The first kappa shape index (κ1) is 23.0. The molecule has 176 valence electrons. The van der Waals surface area contributed by atoms with Crippen LogP contribution in [-0.4, -0.2) is 70.1 Å². The molecule has 0 spiro atoms. The molecule has 0 atom stereocenters. The second-order valence-electron chi connectivity index (χ2n) is 7.92. The summed E-state index contributed by atoms with van der Waals surface area (Å²) in [4.78, 5) is 40.2. The van der Waals surface area contributed by atoms with Gasteiger partial charge in [-0.05, 0) is 44.2 Å². The Kier molecular flexibility index (Phi) is 6.91. The zero-order valence-corrected chi connectivity index (χ0v) is 19.1. The molecule has 0 radical (unpaired) electrons. The number of esters is 1. The van der Waals surface area contributed by atoms with Crippen molar-refractivity contribution >= 4 is 23.9 Å². The number of para-hydroxylation sites is 1. The minimum absolute atomic E-state index is 0.199. The number of aryl methyl sites for hydroxylation is 1. The molecule has 34 heavy (non-hydrogen) atoms. The minimum Gasteiger partial charge on any atom is -0.459 e. The van der Waals surface area contributed by atoms with Crippen molar-refractivity contribution in [2.24, 2.45) is 0 Å². The maximum atomic E-state index is 12.4. The highest BCUT2D eigenvalue weighted by molar-refractivity contribution is 5.92. The molecular weight excluding hydrogens is 436 g/mol. The third kappa shape index (κ3) is 5.09. The van der Waals surface area contributed by atoms with Gasteiger partial charge in [-0.15, -0.1) is 0 Å². The van der Waals surface area contributed by atoms with Gasteiger partial charge in [0.1, 0.15) is 0 Å². The summed E-state index contributed by atoms with van der Waals surface area (Å²) in [6.45, 7) is 4.98. The molecular formula is C25H26N4O5. The van der Waals surface area contributed by atoms with Crippen LogP contribution in [0.3, 0.4) is 0 Å². The highest BCUT2D eigenvalue weighted by Gasteiger charge is 2.26. The lowest BCUT2D eigenvalue weighted by molar-refractivity contribution is -0.148. The SMILES string of the molecule is Cc1nn(-c2ccccc2)c(C)c1/C=C/C(=O)OCC(=O)N1CCN(C(=O)c2ccco2)CC1. The van der Waals surface area contributed by atoms with Gasteiger partial charge in [0.05, 0.1) is 17.6 Å². The van der Waals surface area contributed by atoms with Gasteiger partial charge in [-0.25, -0.2) is 9.48 Å². The van der Waals surface area contributed by atoms with E-state index >= 15 is 0 Å². The second-order valence-corrected chi connectivity index (χ2v) is 7.92. The third-order valence-corrected chi connectivity index (χ3v) is 5.72. The average Bonchev–Trinajstić information content (AvgIpc) is 3.50. The monoisotopic (exact) mass is 462 g/mol. The Hall–Kier alpha value is -4.14. The molecule has 3 heterocycles. The van der Waals surface area contributed by atoms with Gasteiger partial charge in [0.25, 0.3) is 11.8 Å². The Balaban J connectivity index is 1.27. The van der Waals surface area contributed by atoms with Gasteiger partial charge in [0.15, 0.2) is 12.4 Å². The quantitative estimate of drug-likeness (QED) is 0.413. The van der Waals surface area contributed by atoms with Crippen molar-refractivity contribution in [3.05, 3.63) is 77.5 Å². The molecule has 0 unspecified atom stereocenters. The van der Waals surface area contributed by atoms with Gasteiger partial charge in [-0.3, -0.25) is 9.59 Å². The fraction of sp³-hybridized carbons (Fsp3) is 0.280. The number of furan rings is 1. The van der Waals surface area contributed by atoms with Crippen molar-refractivity contribution in [3.63, 3.8) is 0 Å². The molecule has 1 aliphatic rings. The molecule has 0 bridgehead atoms. The van der Waals surface area contributed by atoms with Crippen LogP contribution in [0.15, 0.2) is 59.2 Å². The van der Waals surface area contributed by atoms with Crippen molar-refractivity contribution in [3.8, 4) is 5.69 Å². The number of nitrogens with zero attached hydrogens (tertiary/aromatic N) is 4. The molecule has 9 heteroatoms. The Morgan fingerprint density at radius 2 is 1.71 bits per heavy atom. The summed E-state index contributed by atoms with van der Waals surface area (Å²) in [5.74, 6) is -0.822. The summed E-state index contributed by atoms with van der Waals surface area (Å²) in [6, 6.07) is 13.0. The lowest BCUT2D eigenvalue weighted by Gasteiger charge is -2.34. The first-order valence-electron chi connectivity index (χ1n) is 11.0. The van der Waals surface area contributed by atoms with E-state index in [2.05, 4.69) is 5.10 Å². The second kappa shape index (κ2) is 10.2. The van der Waals surface area contributed by atoms with E-state index in [4.69, 9.17) is 9.15 Å². The molecule has 2 aromatic heterocycles. The first-order chi connectivity index (χ1) is 16.4. The van der Waals surface area contributed by atoms with E-state index in [1.807, 2.05) is 48.9 Å². The van der Waals surface area contributed by atoms with E-state index in [0.29, 0.717) is 26.2 Å². The number of aromatic nitrogens is 2. The van der Waals surface area contributed by atoms with Crippen molar-refractivity contribution < 1.29 is 23.5 Å². The van der Waals surface area contributed by atoms with Crippen LogP contribution >= 0.6 is 0 Å². The first-order valence-corrected chi connectivity index (χ1v) is 11.0. The number of rotatable bonds is 6. The molecule has 4 rings (SSSR count). The topological polar surface area (TPSA) is 97.9 Å². The molecule has 9 nitrogen and oxygen atoms in total. The van der Waals surface area contributed by atoms with Crippen LogP contribution in [0.2, 0.25) is 0 Å². The number of amides is 2. The van der Waals surface area contributed by atoms with E-state index in [1.165, 1.54) is 12.3 Å². The van der Waals surface area contributed by atoms with Crippen LogP contribution in [0.25, 0.3) is 11.8 Å². The molecule has 0 saturated carbocycles. The summed E-state index contributed by atoms with van der Waals surface area (Å²) in [5, 5.41) is 4.55. The maximum Gasteiger partial charge on any atom is 0.331 e. The van der Waals surface area contributed by atoms with Gasteiger partial charge < -0.3 is 19.0 Å². The van der Waals surface area contributed by atoms with Gasteiger partial charge in [-0.1, -0.05) is 18.2 Å². The molecule has 3 aromatic rings. The fourth-order valence-corrected chi connectivity index (χ4v) is 3.86. The van der Waals surface area contributed by atoms with Crippen LogP contribution in [-0.2, 0) is 14.3 Å².